The number of rotatable bonds is 6. The quantitative estimate of drug-likeness (QED) is 0.455. The van der Waals surface area contributed by atoms with Gasteiger partial charge in [0, 0.05) is 0 Å². The summed E-state index contributed by atoms with van der Waals surface area (Å²) in [4.78, 5) is 0. The molecule has 0 aromatic carbocycles. The van der Waals surface area contributed by atoms with Gasteiger partial charge in [0.05, 0.1) is 10.2 Å². The largest absolute Gasteiger partial charge is 0.397 e. The van der Waals surface area contributed by atoms with Gasteiger partial charge in [-0.3, -0.25) is 0 Å². The highest BCUT2D eigenvalue weighted by atomic mass is 28.3. The summed E-state index contributed by atoms with van der Waals surface area (Å²) < 4.78 is 11.2. The van der Waals surface area contributed by atoms with Gasteiger partial charge in [-0.2, -0.15) is 0 Å². The standard InChI is InChI=1S/C7H18O2Si3/c1-5-11(3)8-7(10)9-12(4)6-2/h5-7,11-12H,1-2H2,3-4,10H3. The van der Waals surface area contributed by atoms with Crippen molar-refractivity contribution in [1.29, 1.82) is 0 Å². The molecular formula is C7H18O2Si3. The lowest BCUT2D eigenvalue weighted by molar-refractivity contribution is 0.0784. The van der Waals surface area contributed by atoms with Crippen molar-refractivity contribution in [2.45, 2.75) is 19.0 Å². The average Bonchev–Trinajstić information content (AvgIpc) is 2.03. The molecule has 0 aliphatic heterocycles. The van der Waals surface area contributed by atoms with E-state index in [-0.39, 0.29) is 5.91 Å². The van der Waals surface area contributed by atoms with E-state index in [1.54, 1.807) is 0 Å². The monoisotopic (exact) mass is 218 g/mol. The Bertz CT molecular complexity index is 136. The first-order valence-corrected chi connectivity index (χ1v) is 9.90. The SMILES string of the molecule is C=C[SiH](C)OC([SiH3])O[SiH](C)C=C. The van der Waals surface area contributed by atoms with Crippen LogP contribution in [0.25, 0.3) is 0 Å². The third-order valence-corrected chi connectivity index (χ3v) is 6.06. The number of hydrogen-bond acceptors (Lipinski definition) is 2. The summed E-state index contributed by atoms with van der Waals surface area (Å²) in [7, 11) is -1.37. The van der Waals surface area contributed by atoms with Crippen LogP contribution in [0.4, 0.5) is 0 Å². The van der Waals surface area contributed by atoms with Crippen molar-refractivity contribution in [2.24, 2.45) is 0 Å². The van der Waals surface area contributed by atoms with Crippen molar-refractivity contribution >= 4 is 28.3 Å². The summed E-state index contributed by atoms with van der Waals surface area (Å²) >= 11 is 0. The molecular weight excluding hydrogens is 200 g/mol. The third kappa shape index (κ3) is 5.67. The highest BCUT2D eigenvalue weighted by molar-refractivity contribution is 6.57. The summed E-state index contributed by atoms with van der Waals surface area (Å²) in [5.74, 6) is 0.0457. The predicted molar refractivity (Wildman–Crippen MR) is 62.3 cm³/mol. The minimum Gasteiger partial charge on any atom is -0.397 e. The lowest BCUT2D eigenvalue weighted by Gasteiger charge is -2.19. The Morgan fingerprint density at radius 1 is 1.17 bits per heavy atom. The maximum absolute atomic E-state index is 5.62. The zero-order valence-corrected chi connectivity index (χ0v) is 12.4. The van der Waals surface area contributed by atoms with E-state index in [2.05, 4.69) is 26.3 Å². The molecule has 0 spiro atoms. The Morgan fingerprint density at radius 2 is 1.50 bits per heavy atom. The van der Waals surface area contributed by atoms with Crippen LogP contribution in [-0.2, 0) is 8.85 Å². The van der Waals surface area contributed by atoms with Crippen LogP contribution in [0.2, 0.25) is 13.1 Å². The fraction of sp³-hybridized carbons (Fsp3) is 0.429. The summed E-state index contributed by atoms with van der Waals surface area (Å²) in [6.45, 7) is 11.6. The molecule has 0 fully saturated rings. The highest BCUT2D eigenvalue weighted by Crippen LogP contribution is 1.97. The average molecular weight is 218 g/mol. The molecule has 70 valence electrons. The van der Waals surface area contributed by atoms with Gasteiger partial charge in [-0.1, -0.05) is 11.4 Å². The van der Waals surface area contributed by atoms with Crippen LogP contribution < -0.4 is 0 Å². The fourth-order valence-electron chi connectivity index (χ4n) is 0.748. The zero-order valence-electron chi connectivity index (χ0n) is 8.12. The van der Waals surface area contributed by atoms with Crippen LogP contribution in [-0.4, -0.2) is 34.2 Å². The van der Waals surface area contributed by atoms with E-state index >= 15 is 0 Å². The Kier molecular flexibility index (Phi) is 6.58. The van der Waals surface area contributed by atoms with Crippen molar-refractivity contribution in [3.05, 3.63) is 24.6 Å². The smallest absolute Gasteiger partial charge is 0.200 e. The molecule has 0 aliphatic carbocycles. The molecule has 0 rings (SSSR count). The van der Waals surface area contributed by atoms with Gasteiger partial charge in [-0.05, 0) is 13.1 Å². The molecule has 0 amide bonds. The topological polar surface area (TPSA) is 18.5 Å². The van der Waals surface area contributed by atoms with Crippen molar-refractivity contribution in [1.82, 2.24) is 0 Å². The minimum atomic E-state index is -1.15. The molecule has 0 aliphatic rings. The molecule has 2 atom stereocenters. The van der Waals surface area contributed by atoms with E-state index in [0.29, 0.717) is 0 Å². The van der Waals surface area contributed by atoms with Gasteiger partial charge < -0.3 is 8.85 Å². The molecule has 0 radical (unpaired) electrons. The summed E-state index contributed by atoms with van der Waals surface area (Å²) in [6.07, 6.45) is 0. The molecule has 0 saturated heterocycles. The van der Waals surface area contributed by atoms with Gasteiger partial charge in [-0.25, -0.2) is 0 Å². The van der Waals surface area contributed by atoms with Crippen molar-refractivity contribution < 1.29 is 8.85 Å². The minimum absolute atomic E-state index is 0.0457. The van der Waals surface area contributed by atoms with Crippen molar-refractivity contribution in [3.63, 3.8) is 0 Å². The van der Waals surface area contributed by atoms with E-state index in [4.69, 9.17) is 8.85 Å². The van der Waals surface area contributed by atoms with Crippen LogP contribution in [0.15, 0.2) is 24.6 Å². The van der Waals surface area contributed by atoms with Gasteiger partial charge in [0.25, 0.3) is 0 Å². The third-order valence-electron chi connectivity index (χ3n) is 1.48. The van der Waals surface area contributed by atoms with E-state index in [1.807, 2.05) is 11.4 Å². The van der Waals surface area contributed by atoms with Gasteiger partial charge in [0.15, 0.2) is 18.1 Å². The maximum Gasteiger partial charge on any atom is 0.200 e. The second-order valence-electron chi connectivity index (χ2n) is 2.72. The first-order chi connectivity index (χ1) is 5.60. The zero-order chi connectivity index (χ0) is 9.56. The van der Waals surface area contributed by atoms with Crippen molar-refractivity contribution in [3.8, 4) is 0 Å². The van der Waals surface area contributed by atoms with E-state index < -0.39 is 18.1 Å². The van der Waals surface area contributed by atoms with E-state index in [1.165, 1.54) is 0 Å². The first-order valence-electron chi connectivity index (χ1n) is 4.16. The molecule has 0 aromatic heterocycles. The highest BCUT2D eigenvalue weighted by Gasteiger charge is 2.09. The van der Waals surface area contributed by atoms with Gasteiger partial charge in [0.1, 0.15) is 5.91 Å². The summed E-state index contributed by atoms with van der Waals surface area (Å²) in [6, 6.07) is 0. The summed E-state index contributed by atoms with van der Waals surface area (Å²) in [5.41, 5.74) is 3.82. The number of hydrogen-bond donors (Lipinski definition) is 0. The van der Waals surface area contributed by atoms with Crippen molar-refractivity contribution in [2.75, 3.05) is 0 Å². The van der Waals surface area contributed by atoms with Crippen LogP contribution >= 0.6 is 0 Å². The predicted octanol–water partition coefficient (Wildman–Crippen LogP) is -0.174. The first kappa shape index (κ1) is 12.1. The van der Waals surface area contributed by atoms with E-state index in [9.17, 15) is 0 Å². The van der Waals surface area contributed by atoms with Gasteiger partial charge in [0.2, 0.25) is 0 Å². The van der Waals surface area contributed by atoms with Crippen LogP contribution in [0, 0.1) is 0 Å². The fourth-order valence-corrected chi connectivity index (χ4v) is 5.01. The van der Waals surface area contributed by atoms with Crippen LogP contribution in [0.3, 0.4) is 0 Å². The lowest BCUT2D eigenvalue weighted by atomic mass is 11.3. The van der Waals surface area contributed by atoms with Gasteiger partial charge in [-0.15, -0.1) is 13.2 Å². The molecule has 0 heterocycles. The van der Waals surface area contributed by atoms with E-state index in [0.717, 1.165) is 10.2 Å². The lowest BCUT2D eigenvalue weighted by Crippen LogP contribution is -2.29. The summed E-state index contributed by atoms with van der Waals surface area (Å²) in [5, 5.41) is 0. The van der Waals surface area contributed by atoms with Gasteiger partial charge >= 0.3 is 0 Å². The maximum atomic E-state index is 5.62. The Labute approximate surface area is 81.1 Å². The second kappa shape index (κ2) is 6.55. The molecule has 0 N–H and O–H groups in total. The Balaban J connectivity index is 3.64. The van der Waals surface area contributed by atoms with Crippen LogP contribution in [0.5, 0.6) is 0 Å². The molecule has 5 heteroatoms. The normalized spacial score (nSPS) is 18.2. The molecule has 0 bridgehead atoms. The second-order valence-corrected chi connectivity index (χ2v) is 7.97. The van der Waals surface area contributed by atoms with Crippen LogP contribution in [0.1, 0.15) is 0 Å². The molecule has 0 aromatic rings. The Hall–Kier alpha value is 0.0506. The molecule has 2 unspecified atom stereocenters. The molecule has 0 saturated carbocycles. The Morgan fingerprint density at radius 3 is 1.75 bits per heavy atom. The molecule has 12 heavy (non-hydrogen) atoms. The molecule has 2 nitrogen and oxygen atoms in total.